The van der Waals surface area contributed by atoms with Crippen molar-refractivity contribution in [3.63, 3.8) is 0 Å². The Hall–Kier alpha value is -0.499. The normalized spacial score (nSPS) is 14.4. The fourth-order valence-corrected chi connectivity index (χ4v) is 3.12. The molecule has 34 heavy (non-hydrogen) atoms. The van der Waals surface area contributed by atoms with Gasteiger partial charge in [-0.15, -0.1) is 0 Å². The van der Waals surface area contributed by atoms with Gasteiger partial charge in [0.1, 0.15) is 0 Å². The third-order valence-corrected chi connectivity index (χ3v) is 4.81. The van der Waals surface area contributed by atoms with E-state index in [1.165, 1.54) is 18.3 Å². The molecule has 0 aliphatic carbocycles. The zero-order valence-corrected chi connectivity index (χ0v) is 27.4. The molecule has 1 aromatic rings. The van der Waals surface area contributed by atoms with Crippen molar-refractivity contribution in [1.29, 1.82) is 0 Å². The molecule has 0 bridgehead atoms. The van der Waals surface area contributed by atoms with E-state index in [2.05, 4.69) is 36.0 Å². The van der Waals surface area contributed by atoms with Crippen LogP contribution in [0.1, 0.15) is 48.8 Å². The van der Waals surface area contributed by atoms with E-state index in [-0.39, 0.29) is 10.9 Å². The number of alkyl halides is 2. The summed E-state index contributed by atoms with van der Waals surface area (Å²) in [5, 5.41) is 5.51. The van der Waals surface area contributed by atoms with E-state index in [0.29, 0.717) is 22.9 Å². The number of rotatable bonds is 6. The summed E-state index contributed by atoms with van der Waals surface area (Å²) < 4.78 is 38.1. The number of allylic oxidation sites excluding steroid dienone is 1. The molecule has 0 atom stereocenters. The van der Waals surface area contributed by atoms with E-state index >= 15 is 0 Å². The van der Waals surface area contributed by atoms with E-state index in [1.807, 2.05) is 24.0 Å². The average molecular weight is 876 g/mol. The fraction of sp³-hybridized carbons (Fsp3) is 0.429. The second-order valence-electron chi connectivity index (χ2n) is 7.11. The van der Waals surface area contributed by atoms with Gasteiger partial charge in [0.05, 0.1) is 0 Å². The summed E-state index contributed by atoms with van der Waals surface area (Å²) >= 11 is 4.14. The van der Waals surface area contributed by atoms with Crippen molar-refractivity contribution in [3.8, 4) is 0 Å². The van der Waals surface area contributed by atoms with E-state index < -0.39 is 36.4 Å². The summed E-state index contributed by atoms with van der Waals surface area (Å²) in [5.41, 5.74) is 0.758. The number of likely N-dealkylation sites (tertiary alicyclic amines) is 1. The van der Waals surface area contributed by atoms with E-state index in [1.54, 1.807) is 19.1 Å². The Kier molecular flexibility index (Phi) is 16.8. The number of carbonyl (C=O) groups excluding carboxylic acids is 2. The molecule has 0 saturated carbocycles. The van der Waals surface area contributed by atoms with Gasteiger partial charge in [-0.25, -0.2) is 0 Å². The molecule has 0 spiro atoms. The van der Waals surface area contributed by atoms with Gasteiger partial charge in [0.15, 0.2) is 0 Å². The van der Waals surface area contributed by atoms with Gasteiger partial charge < -0.3 is 5.32 Å². The van der Waals surface area contributed by atoms with Crippen LogP contribution in [0.15, 0.2) is 24.9 Å². The van der Waals surface area contributed by atoms with Crippen LogP contribution in [0.25, 0.3) is 12.2 Å². The van der Waals surface area contributed by atoms with Crippen LogP contribution in [0.3, 0.4) is 0 Å². The number of hydrogen-bond donors (Lipinski definition) is 2. The van der Waals surface area contributed by atoms with Gasteiger partial charge in [0.25, 0.3) is 0 Å². The first kappa shape index (κ1) is 33.5. The number of nitrogens with zero attached hydrogens (tertiary/aromatic N) is 2. The average Bonchev–Trinajstić information content (AvgIpc) is 3.04. The number of hydrogen-bond acceptors (Lipinski definition) is 5. The zero-order valence-electron chi connectivity index (χ0n) is 19.3. The Morgan fingerprint density at radius 3 is 2.38 bits per heavy atom. The molecule has 2 N–H and O–H groups in total. The Labute approximate surface area is 229 Å². The van der Waals surface area contributed by atoms with Crippen LogP contribution in [0.4, 0.5) is 12.7 Å². The Morgan fingerprint density at radius 1 is 1.41 bits per heavy atom. The van der Waals surface area contributed by atoms with E-state index in [4.69, 9.17) is 0 Å². The molecule has 0 aromatic carbocycles. The Bertz CT molecular complexity index is 981. The molecule has 1 aliphatic rings. The van der Waals surface area contributed by atoms with Gasteiger partial charge in [-0.3, -0.25) is 0 Å². The Morgan fingerprint density at radius 2 is 1.97 bits per heavy atom. The second-order valence-corrected chi connectivity index (χ2v) is 24.5. The molecule has 189 valence electrons. The van der Waals surface area contributed by atoms with Crippen molar-refractivity contribution in [1.82, 2.24) is 20.5 Å². The standard InChI is InChI=1S/C17H17F2N3O2.C4H11N.FS.V.2W/c1-3-5-12-13(6-8-20-14(12)4-2)16(24)21-10-15(23)22-9-7-17(18,19)11-22;1-4(2)5-3;1-2;;;/h3-6,8H,2,7,10-11H2,1H3,(H,21,24);4-5H,1-3H3;;;;/q;;-1;;;/b5-3-;;;;;. The molecule has 1 fully saturated rings. The molecule has 13 heteroatoms. The zero-order chi connectivity index (χ0) is 26.5. The summed E-state index contributed by atoms with van der Waals surface area (Å²) in [6.07, 6.45) is 6.01. The predicted molar refractivity (Wildman–Crippen MR) is 120 cm³/mol. The second kappa shape index (κ2) is 17.0. The van der Waals surface area contributed by atoms with Crippen LogP contribution in [0.2, 0.25) is 0 Å². The quantitative estimate of drug-likeness (QED) is 0.432. The molecule has 2 rings (SSSR count). The molecule has 1 aliphatic heterocycles. The number of aromatic nitrogens is 1. The summed E-state index contributed by atoms with van der Waals surface area (Å²) in [6.45, 7) is 8.66. The van der Waals surface area contributed by atoms with Crippen LogP contribution in [-0.4, -0.2) is 58.2 Å². The van der Waals surface area contributed by atoms with Crippen molar-refractivity contribution in [2.45, 2.75) is 39.2 Å². The third-order valence-electron chi connectivity index (χ3n) is 4.19. The summed E-state index contributed by atoms with van der Waals surface area (Å²) in [7, 11) is 1.95. The monoisotopic (exact) mass is 876 g/mol. The first-order valence-corrected chi connectivity index (χ1v) is 18.8. The first-order valence-electron chi connectivity index (χ1n) is 9.97. The van der Waals surface area contributed by atoms with Gasteiger partial charge in [0, 0.05) is 6.04 Å². The SMILES string of the molecule is C=Cc1nccc(C(=O)NCC(=O)N2CC(F)(F)C[C]2=[V])c1/C=C\C.CNC(C)C.F[S-](=[W])=[W]. The van der Waals surface area contributed by atoms with Crippen molar-refractivity contribution >= 4 is 34.0 Å². The van der Waals surface area contributed by atoms with Crippen LogP contribution < -0.4 is 10.6 Å². The van der Waals surface area contributed by atoms with Gasteiger partial charge in [-0.1, -0.05) is 13.8 Å². The van der Waals surface area contributed by atoms with Crippen LogP contribution >= 0.6 is 0 Å². The van der Waals surface area contributed by atoms with Gasteiger partial charge in [-0.2, -0.15) is 0 Å². The molecule has 0 unspecified atom stereocenters. The van der Waals surface area contributed by atoms with Gasteiger partial charge in [-0.05, 0) is 7.05 Å². The number of pyridine rings is 1. The van der Waals surface area contributed by atoms with Crippen molar-refractivity contribution in [3.05, 3.63) is 41.7 Å². The summed E-state index contributed by atoms with van der Waals surface area (Å²) in [6, 6.07) is 2.16. The van der Waals surface area contributed by atoms with Crippen molar-refractivity contribution < 1.29 is 75.2 Å². The molecule has 2 amide bonds. The molecule has 1 saturated heterocycles. The summed E-state index contributed by atoms with van der Waals surface area (Å²) in [4.78, 5) is 29.6. The molecular weight excluding hydrogens is 848 g/mol. The minimum absolute atomic E-state index is 0.240. The van der Waals surface area contributed by atoms with Gasteiger partial charge >= 0.3 is 199 Å². The number of halogens is 3. The minimum atomic E-state index is -2.93. The number of nitrogens with one attached hydrogen (secondary N) is 2. The van der Waals surface area contributed by atoms with E-state index in [0.717, 1.165) is 40.9 Å². The van der Waals surface area contributed by atoms with Crippen LogP contribution in [0, 0.1) is 0 Å². The number of carbonyl (C=O) groups is 2. The van der Waals surface area contributed by atoms with Gasteiger partial charge in [0.2, 0.25) is 0 Å². The van der Waals surface area contributed by atoms with Crippen LogP contribution in [-0.2, 0) is 63.4 Å². The molecule has 6 nitrogen and oxygen atoms in total. The predicted octanol–water partition coefficient (Wildman–Crippen LogP) is 3.06. The Balaban J connectivity index is 0.00000103. The van der Waals surface area contributed by atoms with Crippen molar-refractivity contribution in [2.75, 3.05) is 20.1 Å². The van der Waals surface area contributed by atoms with E-state index in [9.17, 15) is 22.3 Å². The molecular formula is C21H28F3N4O2SVW2-. The summed E-state index contributed by atoms with van der Waals surface area (Å²) in [5.74, 6) is -3.98. The third kappa shape index (κ3) is 13.0. The fourth-order valence-electron chi connectivity index (χ4n) is 2.48. The maximum atomic E-state index is 13.4. The first-order chi connectivity index (χ1) is 15.8. The number of amides is 2. The maximum absolute atomic E-state index is 13.4. The topological polar surface area (TPSA) is 74.3 Å². The molecule has 1 aromatic heterocycles. The van der Waals surface area contributed by atoms with Crippen molar-refractivity contribution in [2.24, 2.45) is 0 Å². The molecule has 2 heterocycles. The molecule has 0 radical (unpaired) electrons. The van der Waals surface area contributed by atoms with Crippen LogP contribution in [0.5, 0.6) is 0 Å².